The Kier molecular flexibility index (Phi) is 3.97. The first-order chi connectivity index (χ1) is 8.15. The quantitative estimate of drug-likeness (QED) is 0.809. The lowest BCUT2D eigenvalue weighted by Crippen LogP contribution is -2.00. The highest BCUT2D eigenvalue weighted by Gasteiger charge is 2.03. The maximum atomic E-state index is 5.82. The second-order valence-electron chi connectivity index (χ2n) is 3.46. The van der Waals surface area contributed by atoms with Crippen molar-refractivity contribution in [3.63, 3.8) is 0 Å². The van der Waals surface area contributed by atoms with Crippen LogP contribution in [0.15, 0.2) is 34.8 Å². The zero-order valence-electron chi connectivity index (χ0n) is 9.15. The lowest BCUT2D eigenvalue weighted by molar-refractivity contribution is 0.292. The molecule has 0 fully saturated rings. The lowest BCUT2D eigenvalue weighted by Gasteiger charge is -2.07. The maximum Gasteiger partial charge on any atom is 0.218 e. The van der Waals surface area contributed by atoms with Gasteiger partial charge >= 0.3 is 0 Å². The number of ether oxygens (including phenoxy) is 1. The molecule has 0 aliphatic carbocycles. The highest BCUT2D eigenvalue weighted by Crippen LogP contribution is 2.19. The summed E-state index contributed by atoms with van der Waals surface area (Å²) < 4.78 is 6.58. The average molecular weight is 314 g/mol. The molecule has 88 valence electrons. The summed E-state index contributed by atoms with van der Waals surface area (Å²) in [5.41, 5.74) is 1.06. The van der Waals surface area contributed by atoms with Gasteiger partial charge in [-0.05, 0) is 13.0 Å². The third-order valence-corrected chi connectivity index (χ3v) is 3.08. The molecule has 0 saturated carbocycles. The summed E-state index contributed by atoms with van der Waals surface area (Å²) in [7, 11) is 0. The molecule has 17 heavy (non-hydrogen) atoms. The van der Waals surface area contributed by atoms with Crippen molar-refractivity contribution in [2.45, 2.75) is 13.5 Å². The van der Waals surface area contributed by atoms with Crippen LogP contribution in [-0.4, -0.2) is 9.97 Å². The van der Waals surface area contributed by atoms with Crippen molar-refractivity contribution >= 4 is 27.5 Å². The summed E-state index contributed by atoms with van der Waals surface area (Å²) in [5, 5.41) is 0.389. The second-order valence-corrected chi connectivity index (χ2v) is 4.70. The molecule has 1 aromatic carbocycles. The largest absolute Gasteiger partial charge is 0.473 e. The molecule has 0 spiro atoms. The molecule has 2 aromatic rings. The van der Waals surface area contributed by atoms with Crippen LogP contribution in [0.3, 0.4) is 0 Å². The highest BCUT2D eigenvalue weighted by molar-refractivity contribution is 9.10. The molecule has 1 aromatic heterocycles. The number of aryl methyl sites for hydroxylation is 1. The van der Waals surface area contributed by atoms with E-state index < -0.39 is 0 Å². The van der Waals surface area contributed by atoms with E-state index in [1.165, 1.54) is 0 Å². The molecule has 0 aliphatic heterocycles. The summed E-state index contributed by atoms with van der Waals surface area (Å²) >= 11 is 9.28. The van der Waals surface area contributed by atoms with Gasteiger partial charge < -0.3 is 4.74 Å². The van der Waals surface area contributed by atoms with E-state index in [-0.39, 0.29) is 0 Å². The Morgan fingerprint density at radius 1 is 1.29 bits per heavy atom. The van der Waals surface area contributed by atoms with Crippen LogP contribution in [0, 0.1) is 6.92 Å². The van der Waals surface area contributed by atoms with Crippen LogP contribution < -0.4 is 4.74 Å². The molecule has 0 aliphatic rings. The summed E-state index contributed by atoms with van der Waals surface area (Å²) in [6, 6.07) is 9.48. The zero-order chi connectivity index (χ0) is 12.3. The van der Waals surface area contributed by atoms with Crippen LogP contribution in [0.4, 0.5) is 0 Å². The van der Waals surface area contributed by atoms with Gasteiger partial charge in [0.1, 0.15) is 17.6 Å². The van der Waals surface area contributed by atoms with E-state index in [1.54, 1.807) is 13.0 Å². The van der Waals surface area contributed by atoms with E-state index in [2.05, 4.69) is 25.9 Å². The maximum absolute atomic E-state index is 5.82. The fourth-order valence-corrected chi connectivity index (χ4v) is 1.96. The van der Waals surface area contributed by atoms with Gasteiger partial charge in [0.25, 0.3) is 0 Å². The topological polar surface area (TPSA) is 35.0 Å². The van der Waals surface area contributed by atoms with Crippen LogP contribution in [0.25, 0.3) is 0 Å². The monoisotopic (exact) mass is 312 g/mol. The standard InChI is InChI=1S/C12H10BrClN2O/c1-8-15-11(14)6-12(16-8)17-7-9-4-2-3-5-10(9)13/h2-6H,7H2,1H3. The molecule has 0 bridgehead atoms. The second kappa shape index (κ2) is 5.47. The van der Waals surface area contributed by atoms with E-state index >= 15 is 0 Å². The van der Waals surface area contributed by atoms with Crippen molar-refractivity contribution in [2.75, 3.05) is 0 Å². The lowest BCUT2D eigenvalue weighted by atomic mass is 10.2. The predicted molar refractivity (Wildman–Crippen MR) is 70.3 cm³/mol. The number of hydrogen-bond donors (Lipinski definition) is 0. The van der Waals surface area contributed by atoms with E-state index in [4.69, 9.17) is 16.3 Å². The van der Waals surface area contributed by atoms with Crippen LogP contribution in [0.2, 0.25) is 5.15 Å². The minimum atomic E-state index is 0.389. The number of halogens is 2. The van der Waals surface area contributed by atoms with Crippen LogP contribution in [-0.2, 0) is 6.61 Å². The fraction of sp³-hybridized carbons (Fsp3) is 0.167. The molecule has 2 rings (SSSR count). The van der Waals surface area contributed by atoms with Crippen molar-refractivity contribution in [3.8, 4) is 5.88 Å². The van der Waals surface area contributed by atoms with Gasteiger partial charge in [-0.1, -0.05) is 45.7 Å². The Balaban J connectivity index is 2.10. The first-order valence-electron chi connectivity index (χ1n) is 5.02. The molecule has 0 atom stereocenters. The van der Waals surface area contributed by atoms with Crippen molar-refractivity contribution < 1.29 is 4.74 Å². The van der Waals surface area contributed by atoms with E-state index in [1.807, 2.05) is 24.3 Å². The summed E-state index contributed by atoms with van der Waals surface area (Å²) in [6.07, 6.45) is 0. The van der Waals surface area contributed by atoms with Gasteiger partial charge in [-0.2, -0.15) is 4.98 Å². The van der Waals surface area contributed by atoms with Crippen LogP contribution in [0.5, 0.6) is 5.88 Å². The molecule has 0 radical (unpaired) electrons. The SMILES string of the molecule is Cc1nc(Cl)cc(OCc2ccccc2Br)n1. The van der Waals surface area contributed by atoms with Crippen molar-refractivity contribution in [1.82, 2.24) is 9.97 Å². The van der Waals surface area contributed by atoms with Gasteiger partial charge in [0.2, 0.25) is 5.88 Å². The van der Waals surface area contributed by atoms with Gasteiger partial charge in [0.15, 0.2) is 0 Å². The molecule has 3 nitrogen and oxygen atoms in total. The normalized spacial score (nSPS) is 10.3. The number of rotatable bonds is 3. The molecule has 5 heteroatoms. The third kappa shape index (κ3) is 3.41. The Labute approximate surface area is 113 Å². The van der Waals surface area contributed by atoms with Crippen LogP contribution >= 0.6 is 27.5 Å². The average Bonchev–Trinajstić information content (AvgIpc) is 2.27. The summed E-state index contributed by atoms with van der Waals surface area (Å²) in [4.78, 5) is 8.12. The smallest absolute Gasteiger partial charge is 0.218 e. The van der Waals surface area contributed by atoms with Crippen LogP contribution in [0.1, 0.15) is 11.4 Å². The molecular formula is C12H10BrClN2O. The molecule has 0 N–H and O–H groups in total. The molecule has 0 saturated heterocycles. The Morgan fingerprint density at radius 3 is 2.76 bits per heavy atom. The minimum Gasteiger partial charge on any atom is -0.473 e. The molecular weight excluding hydrogens is 304 g/mol. The Bertz CT molecular complexity index is 513. The van der Waals surface area contributed by atoms with Gasteiger partial charge in [0, 0.05) is 16.1 Å². The Morgan fingerprint density at radius 2 is 2.06 bits per heavy atom. The number of nitrogens with zero attached hydrogens (tertiary/aromatic N) is 2. The zero-order valence-corrected chi connectivity index (χ0v) is 11.5. The molecule has 0 unspecified atom stereocenters. The van der Waals surface area contributed by atoms with Crippen molar-refractivity contribution in [2.24, 2.45) is 0 Å². The fourth-order valence-electron chi connectivity index (χ4n) is 1.35. The number of benzene rings is 1. The van der Waals surface area contributed by atoms with Crippen molar-refractivity contribution in [3.05, 3.63) is 51.3 Å². The van der Waals surface area contributed by atoms with Gasteiger partial charge in [-0.3, -0.25) is 0 Å². The Hall–Kier alpha value is -1.13. The van der Waals surface area contributed by atoms with Gasteiger partial charge in [-0.25, -0.2) is 4.98 Å². The number of hydrogen-bond acceptors (Lipinski definition) is 3. The number of aromatic nitrogens is 2. The van der Waals surface area contributed by atoms with E-state index in [9.17, 15) is 0 Å². The van der Waals surface area contributed by atoms with Crippen molar-refractivity contribution in [1.29, 1.82) is 0 Å². The highest BCUT2D eigenvalue weighted by atomic mass is 79.9. The van der Waals surface area contributed by atoms with Gasteiger partial charge in [0.05, 0.1) is 0 Å². The van der Waals surface area contributed by atoms with Gasteiger partial charge in [-0.15, -0.1) is 0 Å². The summed E-state index contributed by atoms with van der Waals surface area (Å²) in [6.45, 7) is 2.21. The first kappa shape index (κ1) is 12.3. The summed E-state index contributed by atoms with van der Waals surface area (Å²) in [5.74, 6) is 1.08. The predicted octanol–water partition coefficient (Wildman–Crippen LogP) is 3.78. The third-order valence-electron chi connectivity index (χ3n) is 2.12. The van der Waals surface area contributed by atoms with E-state index in [0.29, 0.717) is 23.5 Å². The first-order valence-corrected chi connectivity index (χ1v) is 6.19. The molecule has 1 heterocycles. The minimum absolute atomic E-state index is 0.389. The van der Waals surface area contributed by atoms with E-state index in [0.717, 1.165) is 10.0 Å². The molecule has 0 amide bonds.